The van der Waals surface area contributed by atoms with Gasteiger partial charge >= 0.3 is 0 Å². The minimum Gasteiger partial charge on any atom is -0.341 e. The van der Waals surface area contributed by atoms with Crippen LogP contribution in [0, 0.1) is 5.92 Å². The van der Waals surface area contributed by atoms with E-state index in [1.165, 1.54) is 0 Å². The van der Waals surface area contributed by atoms with Crippen molar-refractivity contribution in [3.05, 3.63) is 77.4 Å². The van der Waals surface area contributed by atoms with Gasteiger partial charge in [0.1, 0.15) is 5.82 Å². The molecule has 0 spiro atoms. The predicted octanol–water partition coefficient (Wildman–Crippen LogP) is 3.09. The first-order valence-corrected chi connectivity index (χ1v) is 10.4. The van der Waals surface area contributed by atoms with Crippen LogP contribution in [0.15, 0.2) is 66.0 Å². The van der Waals surface area contributed by atoms with E-state index in [0.717, 1.165) is 61.4 Å². The van der Waals surface area contributed by atoms with Crippen LogP contribution in [-0.4, -0.2) is 42.5 Å². The molecule has 0 amide bonds. The van der Waals surface area contributed by atoms with E-state index in [2.05, 4.69) is 30.9 Å². The van der Waals surface area contributed by atoms with Crippen LogP contribution >= 0.6 is 0 Å². The monoisotopic (exact) mass is 400 g/mol. The lowest BCUT2D eigenvalue weighted by Gasteiger charge is -2.31. The number of aromatic nitrogens is 5. The third-order valence-electron chi connectivity index (χ3n) is 5.83. The predicted molar refractivity (Wildman–Crippen MR) is 116 cm³/mol. The molecule has 152 valence electrons. The Morgan fingerprint density at radius 3 is 2.63 bits per heavy atom. The zero-order chi connectivity index (χ0) is 20.3. The van der Waals surface area contributed by atoms with E-state index in [1.807, 2.05) is 30.3 Å². The molecule has 0 aliphatic carbocycles. The third-order valence-corrected chi connectivity index (χ3v) is 5.83. The summed E-state index contributed by atoms with van der Waals surface area (Å²) < 4.78 is 1.74. The Labute approximate surface area is 174 Å². The Morgan fingerprint density at radius 2 is 1.87 bits per heavy atom. The number of fused-ring (bicyclic) bond motifs is 1. The maximum Gasteiger partial charge on any atom is 0.253 e. The quantitative estimate of drug-likeness (QED) is 0.557. The van der Waals surface area contributed by atoms with E-state index in [-0.39, 0.29) is 5.56 Å². The number of aromatic amines is 1. The highest BCUT2D eigenvalue weighted by Crippen LogP contribution is 2.21. The van der Waals surface area contributed by atoms with Gasteiger partial charge in [0.2, 0.25) is 0 Å². The summed E-state index contributed by atoms with van der Waals surface area (Å²) in [6.07, 6.45) is 7.24. The van der Waals surface area contributed by atoms with Gasteiger partial charge in [0.15, 0.2) is 0 Å². The van der Waals surface area contributed by atoms with E-state index in [4.69, 9.17) is 0 Å². The first-order chi connectivity index (χ1) is 14.7. The summed E-state index contributed by atoms with van der Waals surface area (Å²) in [6.45, 7) is 3.59. The molecule has 0 saturated carbocycles. The van der Waals surface area contributed by atoms with Crippen molar-refractivity contribution in [2.45, 2.75) is 25.9 Å². The van der Waals surface area contributed by atoms with Crippen molar-refractivity contribution in [2.24, 2.45) is 5.92 Å². The molecule has 1 aliphatic heterocycles. The molecule has 1 fully saturated rings. The van der Waals surface area contributed by atoms with E-state index in [1.54, 1.807) is 29.4 Å². The van der Waals surface area contributed by atoms with Crippen LogP contribution in [0.4, 0.5) is 0 Å². The van der Waals surface area contributed by atoms with Crippen LogP contribution < -0.4 is 5.56 Å². The fourth-order valence-corrected chi connectivity index (χ4v) is 4.14. The smallest absolute Gasteiger partial charge is 0.253 e. The molecule has 5 rings (SSSR count). The minimum atomic E-state index is 0.00141. The number of hydrogen-bond acceptors (Lipinski definition) is 5. The number of likely N-dealkylation sites (tertiary alicyclic amines) is 1. The maximum absolute atomic E-state index is 12.6. The van der Waals surface area contributed by atoms with Crippen molar-refractivity contribution < 1.29 is 0 Å². The van der Waals surface area contributed by atoms with E-state index in [0.29, 0.717) is 11.6 Å². The van der Waals surface area contributed by atoms with Gasteiger partial charge in [-0.3, -0.25) is 19.2 Å². The Morgan fingerprint density at radius 1 is 1.07 bits per heavy atom. The van der Waals surface area contributed by atoms with Crippen LogP contribution in [-0.2, 0) is 13.1 Å². The van der Waals surface area contributed by atoms with Gasteiger partial charge in [0.05, 0.1) is 29.6 Å². The van der Waals surface area contributed by atoms with Gasteiger partial charge in [-0.25, -0.2) is 9.97 Å². The molecule has 0 radical (unpaired) electrons. The Bertz CT molecular complexity index is 1160. The lowest BCUT2D eigenvalue weighted by atomic mass is 9.96. The summed E-state index contributed by atoms with van der Waals surface area (Å²) in [4.78, 5) is 31.6. The topological polar surface area (TPSA) is 79.7 Å². The molecule has 1 aliphatic rings. The Balaban J connectivity index is 1.18. The van der Waals surface area contributed by atoms with Crippen LogP contribution in [0.1, 0.15) is 18.7 Å². The molecule has 0 bridgehead atoms. The number of imidazole rings is 1. The minimum absolute atomic E-state index is 0.00141. The fraction of sp³-hybridized carbons (Fsp3) is 0.304. The molecule has 7 heteroatoms. The summed E-state index contributed by atoms with van der Waals surface area (Å²) in [6, 6.07) is 13.5. The summed E-state index contributed by atoms with van der Waals surface area (Å²) in [5.41, 5.74) is 3.71. The molecule has 3 aromatic heterocycles. The lowest BCUT2D eigenvalue weighted by Crippen LogP contribution is -2.36. The maximum atomic E-state index is 12.6. The summed E-state index contributed by atoms with van der Waals surface area (Å²) in [5, 5.41) is 0. The molecule has 7 nitrogen and oxygen atoms in total. The number of benzene rings is 1. The number of para-hydroxylation sites is 2. The number of piperidine rings is 1. The molecule has 1 saturated heterocycles. The van der Waals surface area contributed by atoms with Gasteiger partial charge in [0, 0.05) is 30.6 Å². The van der Waals surface area contributed by atoms with E-state index in [9.17, 15) is 4.79 Å². The fourth-order valence-electron chi connectivity index (χ4n) is 4.14. The largest absolute Gasteiger partial charge is 0.341 e. The molecule has 30 heavy (non-hydrogen) atoms. The van der Waals surface area contributed by atoms with Crippen LogP contribution in [0.5, 0.6) is 0 Å². The van der Waals surface area contributed by atoms with Gasteiger partial charge in [-0.1, -0.05) is 12.1 Å². The van der Waals surface area contributed by atoms with Crippen molar-refractivity contribution in [3.63, 3.8) is 0 Å². The first-order valence-electron chi connectivity index (χ1n) is 10.4. The zero-order valence-electron chi connectivity index (χ0n) is 16.7. The second-order valence-corrected chi connectivity index (χ2v) is 7.92. The molecule has 1 aromatic carbocycles. The van der Waals surface area contributed by atoms with Gasteiger partial charge < -0.3 is 4.98 Å². The summed E-state index contributed by atoms with van der Waals surface area (Å²) in [5.74, 6) is 1.50. The van der Waals surface area contributed by atoms with Gasteiger partial charge in [0.25, 0.3) is 5.56 Å². The second-order valence-electron chi connectivity index (χ2n) is 7.92. The number of rotatable bonds is 5. The molecule has 4 aromatic rings. The average molecular weight is 400 g/mol. The normalized spacial score (nSPS) is 15.6. The molecule has 0 atom stereocenters. The van der Waals surface area contributed by atoms with Crippen LogP contribution in [0.2, 0.25) is 0 Å². The number of pyridine rings is 1. The average Bonchev–Trinajstić information content (AvgIpc) is 3.19. The highest BCUT2D eigenvalue weighted by Gasteiger charge is 2.21. The molecular formula is C23H24N6O. The zero-order valence-corrected chi connectivity index (χ0v) is 16.7. The SMILES string of the molecule is O=c1cc(-c2ccncc2)ncn1CC1CCN(Cc2nc3ccccc3[nH]2)CC1. The summed E-state index contributed by atoms with van der Waals surface area (Å²) >= 11 is 0. The van der Waals surface area contributed by atoms with Crippen molar-refractivity contribution >= 4 is 11.0 Å². The molecule has 4 heterocycles. The number of hydrogen-bond donors (Lipinski definition) is 1. The van der Waals surface area contributed by atoms with Crippen molar-refractivity contribution in [1.29, 1.82) is 0 Å². The lowest BCUT2D eigenvalue weighted by molar-refractivity contribution is 0.163. The van der Waals surface area contributed by atoms with Crippen molar-refractivity contribution in [2.75, 3.05) is 13.1 Å². The van der Waals surface area contributed by atoms with Gasteiger partial charge in [-0.2, -0.15) is 0 Å². The van der Waals surface area contributed by atoms with Gasteiger partial charge in [-0.15, -0.1) is 0 Å². The van der Waals surface area contributed by atoms with E-state index >= 15 is 0 Å². The third kappa shape index (κ3) is 4.02. The van der Waals surface area contributed by atoms with Crippen molar-refractivity contribution in [1.82, 2.24) is 29.4 Å². The summed E-state index contributed by atoms with van der Waals surface area (Å²) in [7, 11) is 0. The van der Waals surface area contributed by atoms with E-state index < -0.39 is 0 Å². The number of nitrogens with one attached hydrogen (secondary N) is 1. The Kier molecular flexibility index (Phi) is 5.11. The second kappa shape index (κ2) is 8.20. The number of nitrogens with zero attached hydrogens (tertiary/aromatic N) is 5. The highest BCUT2D eigenvalue weighted by atomic mass is 16.1. The van der Waals surface area contributed by atoms with Gasteiger partial charge in [-0.05, 0) is 56.1 Å². The van der Waals surface area contributed by atoms with Crippen molar-refractivity contribution in [3.8, 4) is 11.3 Å². The molecule has 1 N–H and O–H groups in total. The Hall–Kier alpha value is -3.32. The van der Waals surface area contributed by atoms with Crippen LogP contribution in [0.25, 0.3) is 22.3 Å². The van der Waals surface area contributed by atoms with Crippen LogP contribution in [0.3, 0.4) is 0 Å². The standard InChI is InChI=1S/C23H24N6O/c30-23-13-21(18-5-9-24-10-6-18)25-16-29(23)14-17-7-11-28(12-8-17)15-22-26-19-3-1-2-4-20(19)27-22/h1-6,9-10,13,16-17H,7-8,11-12,14-15H2,(H,26,27). The molecule has 0 unspecified atom stereocenters. The highest BCUT2D eigenvalue weighted by molar-refractivity contribution is 5.74. The number of H-pyrrole nitrogens is 1. The molecular weight excluding hydrogens is 376 g/mol. The first kappa shape index (κ1) is 18.7.